The Hall–Kier alpha value is -2.48. The summed E-state index contributed by atoms with van der Waals surface area (Å²) in [5.74, 6) is 0.872. The Kier molecular flexibility index (Phi) is 6.94. The van der Waals surface area contributed by atoms with E-state index in [1.807, 2.05) is 18.2 Å². The van der Waals surface area contributed by atoms with Gasteiger partial charge in [-0.25, -0.2) is 4.98 Å². The van der Waals surface area contributed by atoms with Crippen LogP contribution in [0.5, 0.6) is 0 Å². The van der Waals surface area contributed by atoms with Crippen LogP contribution in [0.4, 0.5) is 5.82 Å². The Morgan fingerprint density at radius 1 is 1.10 bits per heavy atom. The van der Waals surface area contributed by atoms with E-state index in [1.165, 1.54) is 5.56 Å². The van der Waals surface area contributed by atoms with Crippen LogP contribution in [0, 0.1) is 0 Å². The minimum Gasteiger partial charge on any atom is -0.353 e. The minimum absolute atomic E-state index is 0.0503. The lowest BCUT2D eigenvalue weighted by Crippen LogP contribution is -2.47. The number of anilines is 1. The number of carbonyl (C=O) groups excluding carboxylic acids is 1. The van der Waals surface area contributed by atoms with Gasteiger partial charge in [0.05, 0.1) is 5.56 Å². The predicted molar refractivity (Wildman–Crippen MR) is 120 cm³/mol. The third-order valence-electron chi connectivity index (χ3n) is 6.02. The summed E-state index contributed by atoms with van der Waals surface area (Å²) in [4.78, 5) is 24.1. The van der Waals surface area contributed by atoms with Crippen LogP contribution in [0.25, 0.3) is 0 Å². The number of carbonyl (C=O) groups is 1. The second-order valence-corrected chi connectivity index (χ2v) is 8.17. The van der Waals surface area contributed by atoms with E-state index in [4.69, 9.17) is 0 Å². The Balaban J connectivity index is 1.27. The number of hydrogen-bond acceptors (Lipinski definition) is 6. The number of likely N-dealkylation sites (N-methyl/N-ethyl adjacent to an activating group) is 1. The summed E-state index contributed by atoms with van der Waals surface area (Å²) in [6, 6.07) is 14.6. The molecule has 2 fully saturated rings. The molecule has 2 aliphatic heterocycles. The maximum atomic E-state index is 12.5. The largest absolute Gasteiger partial charge is 0.353 e. The first-order valence-electron chi connectivity index (χ1n) is 10.9. The van der Waals surface area contributed by atoms with E-state index in [0.29, 0.717) is 18.2 Å². The second-order valence-electron chi connectivity index (χ2n) is 8.17. The zero-order valence-corrected chi connectivity index (χ0v) is 17.8. The molecule has 2 saturated heterocycles. The number of nitrogens with one attached hydrogen (secondary N) is 2. The number of rotatable bonds is 6. The molecule has 0 aliphatic carbocycles. The molecule has 0 radical (unpaired) electrons. The molecule has 7 nitrogen and oxygen atoms in total. The average Bonchev–Trinajstić information content (AvgIpc) is 2.81. The van der Waals surface area contributed by atoms with Crippen molar-refractivity contribution in [2.75, 3.05) is 70.9 Å². The van der Waals surface area contributed by atoms with Gasteiger partial charge in [0.15, 0.2) is 0 Å². The summed E-state index contributed by atoms with van der Waals surface area (Å²) in [6.07, 6.45) is 1.69. The van der Waals surface area contributed by atoms with Crippen molar-refractivity contribution in [2.45, 2.75) is 6.04 Å². The molecular weight excluding hydrogens is 376 g/mol. The summed E-state index contributed by atoms with van der Waals surface area (Å²) in [7, 11) is 2.15. The number of aromatic nitrogens is 1. The smallest absolute Gasteiger partial charge is 0.252 e. The molecule has 1 unspecified atom stereocenters. The maximum absolute atomic E-state index is 12.5. The number of piperazine rings is 2. The van der Waals surface area contributed by atoms with Crippen LogP contribution in [-0.2, 0) is 0 Å². The highest BCUT2D eigenvalue weighted by Crippen LogP contribution is 2.21. The van der Waals surface area contributed by atoms with Gasteiger partial charge in [-0.15, -0.1) is 0 Å². The molecule has 2 N–H and O–H groups in total. The van der Waals surface area contributed by atoms with Crippen LogP contribution in [0.15, 0.2) is 48.7 Å². The van der Waals surface area contributed by atoms with E-state index in [2.05, 4.69) is 61.6 Å². The molecule has 0 saturated carbocycles. The first-order chi connectivity index (χ1) is 14.7. The van der Waals surface area contributed by atoms with Crippen molar-refractivity contribution in [3.05, 3.63) is 59.8 Å². The number of nitrogens with zero attached hydrogens (tertiary/aromatic N) is 4. The lowest BCUT2D eigenvalue weighted by atomic mass is 10.0. The van der Waals surface area contributed by atoms with Crippen LogP contribution in [0.2, 0.25) is 0 Å². The van der Waals surface area contributed by atoms with Crippen molar-refractivity contribution < 1.29 is 4.79 Å². The highest BCUT2D eigenvalue weighted by Gasteiger charge is 2.21. The van der Waals surface area contributed by atoms with Crippen LogP contribution in [0.1, 0.15) is 22.0 Å². The molecular formula is C23H32N6O. The average molecular weight is 409 g/mol. The minimum atomic E-state index is -0.0503. The van der Waals surface area contributed by atoms with Gasteiger partial charge in [-0.3, -0.25) is 9.69 Å². The van der Waals surface area contributed by atoms with Crippen LogP contribution in [0.3, 0.4) is 0 Å². The first-order valence-corrected chi connectivity index (χ1v) is 10.9. The van der Waals surface area contributed by atoms with Crippen molar-refractivity contribution in [1.82, 2.24) is 25.4 Å². The number of benzene rings is 1. The van der Waals surface area contributed by atoms with Gasteiger partial charge in [0.2, 0.25) is 0 Å². The van der Waals surface area contributed by atoms with Gasteiger partial charge in [0.1, 0.15) is 5.82 Å². The topological polar surface area (TPSA) is 63.7 Å². The molecule has 0 spiro atoms. The van der Waals surface area contributed by atoms with Gasteiger partial charge < -0.3 is 20.4 Å². The SMILES string of the molecule is CN1CCN(CCNC(=O)c2ccc(N3CCNC(c4ccccc4)C3)nc2)CC1. The van der Waals surface area contributed by atoms with E-state index < -0.39 is 0 Å². The Morgan fingerprint density at radius 2 is 1.90 bits per heavy atom. The lowest BCUT2D eigenvalue weighted by molar-refractivity contribution is 0.0940. The van der Waals surface area contributed by atoms with Crippen molar-refractivity contribution in [3.8, 4) is 0 Å². The van der Waals surface area contributed by atoms with E-state index >= 15 is 0 Å². The molecule has 4 rings (SSSR count). The van der Waals surface area contributed by atoms with Crippen LogP contribution < -0.4 is 15.5 Å². The van der Waals surface area contributed by atoms with E-state index in [1.54, 1.807) is 6.20 Å². The Bertz CT molecular complexity index is 804. The van der Waals surface area contributed by atoms with Gasteiger partial charge in [-0.1, -0.05) is 30.3 Å². The summed E-state index contributed by atoms with van der Waals surface area (Å²) in [5, 5.41) is 6.60. The molecule has 160 valence electrons. The summed E-state index contributed by atoms with van der Waals surface area (Å²) in [6.45, 7) is 8.57. The molecule has 3 heterocycles. The normalized spacial score (nSPS) is 20.8. The summed E-state index contributed by atoms with van der Waals surface area (Å²) in [5.41, 5.74) is 1.91. The van der Waals surface area contributed by atoms with Crippen LogP contribution in [-0.4, -0.2) is 86.6 Å². The molecule has 1 aromatic heterocycles. The molecule has 1 atom stereocenters. The fourth-order valence-electron chi connectivity index (χ4n) is 4.08. The Labute approximate surface area is 179 Å². The van der Waals surface area contributed by atoms with Gasteiger partial charge in [0, 0.05) is 71.1 Å². The van der Waals surface area contributed by atoms with Crippen LogP contribution >= 0.6 is 0 Å². The molecule has 7 heteroatoms. The molecule has 30 heavy (non-hydrogen) atoms. The monoisotopic (exact) mass is 408 g/mol. The van der Waals surface area contributed by atoms with Gasteiger partial charge in [-0.2, -0.15) is 0 Å². The maximum Gasteiger partial charge on any atom is 0.252 e. The third kappa shape index (κ3) is 5.36. The quantitative estimate of drug-likeness (QED) is 0.749. The number of hydrogen-bond donors (Lipinski definition) is 2. The van der Waals surface area contributed by atoms with Gasteiger partial charge in [0.25, 0.3) is 5.91 Å². The molecule has 1 aromatic carbocycles. The zero-order valence-electron chi connectivity index (χ0n) is 17.8. The van der Waals surface area contributed by atoms with Crippen molar-refractivity contribution in [1.29, 1.82) is 0 Å². The second kappa shape index (κ2) is 10.0. The first kappa shape index (κ1) is 20.8. The van der Waals surface area contributed by atoms with Crippen molar-refractivity contribution in [2.24, 2.45) is 0 Å². The van der Waals surface area contributed by atoms with Crippen molar-refractivity contribution in [3.63, 3.8) is 0 Å². The van der Waals surface area contributed by atoms with E-state index in [9.17, 15) is 4.79 Å². The number of pyridine rings is 1. The highest BCUT2D eigenvalue weighted by atomic mass is 16.1. The number of amides is 1. The Morgan fingerprint density at radius 3 is 2.63 bits per heavy atom. The zero-order chi connectivity index (χ0) is 20.8. The molecule has 1 amide bonds. The van der Waals surface area contributed by atoms with E-state index in [0.717, 1.165) is 58.2 Å². The highest BCUT2D eigenvalue weighted by molar-refractivity contribution is 5.94. The standard InChI is InChI=1S/C23H32N6O/c1-27-13-15-28(16-14-27)11-9-25-23(30)20-7-8-22(26-17-20)29-12-10-24-21(18-29)19-5-3-2-4-6-19/h2-8,17,21,24H,9-16,18H2,1H3,(H,25,30). The summed E-state index contributed by atoms with van der Waals surface area (Å²) < 4.78 is 0. The molecule has 2 aliphatic rings. The van der Waals surface area contributed by atoms with E-state index in [-0.39, 0.29) is 5.91 Å². The molecule has 0 bridgehead atoms. The fourth-order valence-corrected chi connectivity index (χ4v) is 4.08. The van der Waals surface area contributed by atoms with Gasteiger partial charge >= 0.3 is 0 Å². The van der Waals surface area contributed by atoms with Gasteiger partial charge in [-0.05, 0) is 24.7 Å². The fraction of sp³-hybridized carbons (Fsp3) is 0.478. The van der Waals surface area contributed by atoms with Crippen molar-refractivity contribution >= 4 is 11.7 Å². The third-order valence-corrected chi connectivity index (χ3v) is 6.02. The molecule has 2 aromatic rings. The lowest BCUT2D eigenvalue weighted by Gasteiger charge is -2.34. The predicted octanol–water partition coefficient (Wildman–Crippen LogP) is 1.21. The summed E-state index contributed by atoms with van der Waals surface area (Å²) >= 11 is 0.